The Balaban J connectivity index is 2.23. The average molecular weight is 418 g/mol. The van der Waals surface area contributed by atoms with Gasteiger partial charge in [0.25, 0.3) is 5.91 Å². The van der Waals surface area contributed by atoms with Gasteiger partial charge in [0.2, 0.25) is 0 Å². The van der Waals surface area contributed by atoms with Gasteiger partial charge in [-0.15, -0.1) is 0 Å². The molecule has 0 radical (unpaired) electrons. The molecule has 0 atom stereocenters. The molecule has 0 bridgehead atoms. The third-order valence-electron chi connectivity index (χ3n) is 3.13. The average Bonchev–Trinajstić information content (AvgIpc) is 2.52. The number of carbonyl (C=O) groups excluding carboxylic acids is 1. The summed E-state index contributed by atoms with van der Waals surface area (Å²) in [7, 11) is 1.60. The van der Waals surface area contributed by atoms with Crippen molar-refractivity contribution in [1.82, 2.24) is 0 Å². The summed E-state index contributed by atoms with van der Waals surface area (Å²) in [6.45, 7) is 1.94. The standard InChI is InChI=1S/C18H15IN2O2/c1-12-4-3-5-15(8-12)21-18(22)14(11-20)9-13-6-7-17(23-2)16(19)10-13/h3-10H,1-2H3,(H,21,22)/b14-9-. The lowest BCUT2D eigenvalue weighted by Crippen LogP contribution is -2.13. The van der Waals surface area contributed by atoms with E-state index in [1.807, 2.05) is 37.3 Å². The van der Waals surface area contributed by atoms with Crippen LogP contribution in [0.2, 0.25) is 0 Å². The van der Waals surface area contributed by atoms with Gasteiger partial charge in [0.05, 0.1) is 10.7 Å². The topological polar surface area (TPSA) is 62.1 Å². The molecule has 0 saturated heterocycles. The number of ether oxygens (including phenoxy) is 1. The summed E-state index contributed by atoms with van der Waals surface area (Å²) in [5.74, 6) is 0.328. The lowest BCUT2D eigenvalue weighted by atomic mass is 10.1. The van der Waals surface area contributed by atoms with E-state index in [0.29, 0.717) is 5.69 Å². The van der Waals surface area contributed by atoms with Gasteiger partial charge in [-0.1, -0.05) is 18.2 Å². The van der Waals surface area contributed by atoms with Crippen molar-refractivity contribution in [3.05, 3.63) is 62.7 Å². The SMILES string of the molecule is COc1ccc(/C=C(/C#N)C(=O)Nc2cccc(C)c2)cc1I. The van der Waals surface area contributed by atoms with Crippen molar-refractivity contribution < 1.29 is 9.53 Å². The molecule has 0 unspecified atom stereocenters. The first-order chi connectivity index (χ1) is 11.0. The minimum Gasteiger partial charge on any atom is -0.496 e. The number of aryl methyl sites for hydroxylation is 1. The summed E-state index contributed by atoms with van der Waals surface area (Å²) < 4.78 is 6.11. The first-order valence-electron chi connectivity index (χ1n) is 6.87. The molecule has 0 aromatic heterocycles. The molecule has 2 aromatic rings. The fraction of sp³-hybridized carbons (Fsp3) is 0.111. The van der Waals surface area contributed by atoms with Crippen LogP contribution in [-0.4, -0.2) is 13.0 Å². The molecule has 0 aliphatic heterocycles. The molecule has 5 heteroatoms. The fourth-order valence-corrected chi connectivity index (χ4v) is 2.77. The molecular formula is C18H15IN2O2. The molecule has 116 valence electrons. The van der Waals surface area contributed by atoms with Crippen molar-refractivity contribution in [3.8, 4) is 11.8 Å². The van der Waals surface area contributed by atoms with E-state index >= 15 is 0 Å². The Kier molecular flexibility index (Phi) is 5.77. The number of nitrogens with one attached hydrogen (secondary N) is 1. The third kappa shape index (κ3) is 4.57. The molecule has 0 aliphatic carbocycles. The maximum absolute atomic E-state index is 12.2. The zero-order valence-corrected chi connectivity index (χ0v) is 14.9. The molecule has 0 spiro atoms. The first-order valence-corrected chi connectivity index (χ1v) is 7.94. The van der Waals surface area contributed by atoms with Crippen molar-refractivity contribution in [2.45, 2.75) is 6.92 Å². The van der Waals surface area contributed by atoms with E-state index in [1.165, 1.54) is 0 Å². The van der Waals surface area contributed by atoms with E-state index in [0.717, 1.165) is 20.4 Å². The second-order valence-corrected chi connectivity index (χ2v) is 6.05. The van der Waals surface area contributed by atoms with Gasteiger partial charge >= 0.3 is 0 Å². The van der Waals surface area contributed by atoms with Crippen LogP contribution in [0.25, 0.3) is 6.08 Å². The number of benzene rings is 2. The Morgan fingerprint density at radius 3 is 2.70 bits per heavy atom. The fourth-order valence-electron chi connectivity index (χ4n) is 2.01. The number of nitriles is 1. The van der Waals surface area contributed by atoms with E-state index in [9.17, 15) is 10.1 Å². The number of anilines is 1. The predicted octanol–water partition coefficient (Wildman–Crippen LogP) is 4.15. The molecule has 1 amide bonds. The minimum atomic E-state index is -0.427. The van der Waals surface area contributed by atoms with Gasteiger partial charge in [-0.3, -0.25) is 4.79 Å². The number of nitrogens with zero attached hydrogens (tertiary/aromatic N) is 1. The van der Waals surface area contributed by atoms with Crippen molar-refractivity contribution in [3.63, 3.8) is 0 Å². The molecule has 0 saturated carbocycles. The molecule has 0 fully saturated rings. The number of halogens is 1. The summed E-state index contributed by atoms with van der Waals surface area (Å²) in [6, 6.07) is 14.8. The van der Waals surface area contributed by atoms with E-state index in [4.69, 9.17) is 4.74 Å². The van der Waals surface area contributed by atoms with Crippen LogP contribution in [0.5, 0.6) is 5.75 Å². The monoisotopic (exact) mass is 418 g/mol. The molecule has 23 heavy (non-hydrogen) atoms. The van der Waals surface area contributed by atoms with Gasteiger partial charge < -0.3 is 10.1 Å². The van der Waals surface area contributed by atoms with Crippen molar-refractivity contribution >= 4 is 40.3 Å². The van der Waals surface area contributed by atoms with Crippen LogP contribution in [0.15, 0.2) is 48.0 Å². The van der Waals surface area contributed by atoms with Crippen LogP contribution in [0, 0.1) is 21.8 Å². The number of methoxy groups -OCH3 is 1. The second-order valence-electron chi connectivity index (χ2n) is 4.89. The van der Waals surface area contributed by atoms with Gasteiger partial charge in [0, 0.05) is 5.69 Å². The van der Waals surface area contributed by atoms with Gasteiger partial charge in [-0.05, 0) is 71.0 Å². The maximum Gasteiger partial charge on any atom is 0.266 e. The van der Waals surface area contributed by atoms with Gasteiger partial charge in [0.1, 0.15) is 17.4 Å². The highest BCUT2D eigenvalue weighted by atomic mass is 127. The summed E-state index contributed by atoms with van der Waals surface area (Å²) in [5, 5.41) is 12.0. The van der Waals surface area contributed by atoms with Gasteiger partial charge in [-0.2, -0.15) is 5.26 Å². The summed E-state index contributed by atoms with van der Waals surface area (Å²) in [6.07, 6.45) is 1.56. The first kappa shape index (κ1) is 17.0. The number of hydrogen-bond donors (Lipinski definition) is 1. The van der Waals surface area contributed by atoms with Crippen molar-refractivity contribution in [1.29, 1.82) is 5.26 Å². The van der Waals surface area contributed by atoms with Gasteiger partial charge in [0.15, 0.2) is 0 Å². The second kappa shape index (κ2) is 7.79. The molecule has 0 aliphatic rings. The largest absolute Gasteiger partial charge is 0.496 e. The van der Waals surface area contributed by atoms with E-state index < -0.39 is 5.91 Å². The van der Waals surface area contributed by atoms with Crippen LogP contribution in [-0.2, 0) is 4.79 Å². The van der Waals surface area contributed by atoms with Crippen LogP contribution in [0.4, 0.5) is 5.69 Å². The summed E-state index contributed by atoms with van der Waals surface area (Å²) in [4.78, 5) is 12.2. The third-order valence-corrected chi connectivity index (χ3v) is 3.97. The molecule has 2 rings (SSSR count). The highest BCUT2D eigenvalue weighted by Crippen LogP contribution is 2.23. The lowest BCUT2D eigenvalue weighted by molar-refractivity contribution is -0.112. The van der Waals surface area contributed by atoms with Crippen molar-refractivity contribution in [2.75, 3.05) is 12.4 Å². The minimum absolute atomic E-state index is 0.0486. The zero-order chi connectivity index (χ0) is 16.8. The highest BCUT2D eigenvalue weighted by molar-refractivity contribution is 14.1. The Morgan fingerprint density at radius 2 is 2.09 bits per heavy atom. The molecule has 1 N–H and O–H groups in total. The number of hydrogen-bond acceptors (Lipinski definition) is 3. The number of amides is 1. The van der Waals surface area contributed by atoms with Crippen LogP contribution in [0.1, 0.15) is 11.1 Å². The Labute approximate surface area is 148 Å². The van der Waals surface area contributed by atoms with Crippen LogP contribution >= 0.6 is 22.6 Å². The number of carbonyl (C=O) groups is 1. The molecule has 2 aromatic carbocycles. The Bertz CT molecular complexity index is 807. The van der Waals surface area contributed by atoms with E-state index in [2.05, 4.69) is 27.9 Å². The predicted molar refractivity (Wildman–Crippen MR) is 99.1 cm³/mol. The maximum atomic E-state index is 12.2. The van der Waals surface area contributed by atoms with E-state index in [-0.39, 0.29) is 5.57 Å². The Hall–Kier alpha value is -2.33. The zero-order valence-electron chi connectivity index (χ0n) is 12.8. The van der Waals surface area contributed by atoms with Crippen LogP contribution < -0.4 is 10.1 Å². The smallest absolute Gasteiger partial charge is 0.266 e. The molecular weight excluding hydrogens is 403 g/mol. The molecule has 4 nitrogen and oxygen atoms in total. The Morgan fingerprint density at radius 1 is 1.30 bits per heavy atom. The number of rotatable bonds is 4. The van der Waals surface area contributed by atoms with Crippen molar-refractivity contribution in [2.24, 2.45) is 0 Å². The van der Waals surface area contributed by atoms with E-state index in [1.54, 1.807) is 31.4 Å². The van der Waals surface area contributed by atoms with Gasteiger partial charge in [-0.25, -0.2) is 0 Å². The quantitative estimate of drug-likeness (QED) is 0.461. The summed E-state index contributed by atoms with van der Waals surface area (Å²) in [5.41, 5.74) is 2.52. The lowest BCUT2D eigenvalue weighted by Gasteiger charge is -2.06. The highest BCUT2D eigenvalue weighted by Gasteiger charge is 2.10. The normalized spacial score (nSPS) is 10.8. The van der Waals surface area contributed by atoms with Crippen LogP contribution in [0.3, 0.4) is 0 Å². The molecule has 0 heterocycles. The summed E-state index contributed by atoms with van der Waals surface area (Å²) >= 11 is 2.15.